The summed E-state index contributed by atoms with van der Waals surface area (Å²) in [6.07, 6.45) is 2.48. The second kappa shape index (κ2) is 7.64. The van der Waals surface area contributed by atoms with Crippen LogP contribution in [0.4, 0.5) is 17.1 Å². The van der Waals surface area contributed by atoms with E-state index in [-0.39, 0.29) is 0 Å². The fraction of sp³-hybridized carbons (Fsp3) is 0.0833. The van der Waals surface area contributed by atoms with Crippen LogP contribution in [0.15, 0.2) is 77.1 Å². The van der Waals surface area contributed by atoms with Gasteiger partial charge in [0, 0.05) is 16.5 Å². The number of pyridine rings is 1. The molecule has 1 aromatic heterocycles. The summed E-state index contributed by atoms with van der Waals surface area (Å²) in [5.74, 6) is 0. The molecule has 0 saturated heterocycles. The molecule has 5 nitrogen and oxygen atoms in total. The van der Waals surface area contributed by atoms with E-state index in [0.717, 1.165) is 28.3 Å². The minimum absolute atomic E-state index is 0.462. The lowest BCUT2D eigenvalue weighted by Crippen LogP contribution is -1.92. The highest BCUT2D eigenvalue weighted by atomic mass is 16.1. The van der Waals surface area contributed by atoms with Crippen LogP contribution in [-0.4, -0.2) is 11.3 Å². The van der Waals surface area contributed by atoms with E-state index < -0.39 is 0 Å². The minimum atomic E-state index is 0.462. The summed E-state index contributed by atoms with van der Waals surface area (Å²) in [6, 6.07) is 19.3. The number of azo groups is 1. The molecule has 0 atom stereocenters. The maximum absolute atomic E-state index is 11.5. The summed E-state index contributed by atoms with van der Waals surface area (Å²) in [7, 11) is 0. The molecule has 0 amide bonds. The smallest absolute Gasteiger partial charge is 0.150 e. The first-order valence-electron chi connectivity index (χ1n) is 9.28. The third-order valence-electron chi connectivity index (χ3n) is 4.76. The zero-order valence-electron chi connectivity index (χ0n) is 16.3. The van der Waals surface area contributed by atoms with Gasteiger partial charge in [0.05, 0.1) is 17.6 Å². The summed E-state index contributed by atoms with van der Waals surface area (Å²) in [5, 5.41) is 10.1. The number of aryl methyl sites for hydroxylation is 2. The summed E-state index contributed by atoms with van der Waals surface area (Å²) in [5.41, 5.74) is 12.7. The van der Waals surface area contributed by atoms with Gasteiger partial charge < -0.3 is 5.73 Å². The number of aldehydes is 1. The molecule has 0 aliphatic heterocycles. The average Bonchev–Trinajstić information content (AvgIpc) is 2.73. The molecule has 1 heterocycles. The number of nitrogens with zero attached hydrogens (tertiary/aromatic N) is 3. The van der Waals surface area contributed by atoms with Crippen molar-refractivity contribution >= 4 is 34.1 Å². The molecule has 3 aromatic carbocycles. The topological polar surface area (TPSA) is 80.7 Å². The average molecular weight is 380 g/mol. The first-order valence-corrected chi connectivity index (χ1v) is 9.28. The maximum Gasteiger partial charge on any atom is 0.150 e. The van der Waals surface area contributed by atoms with E-state index in [4.69, 9.17) is 5.73 Å². The molecule has 4 rings (SSSR count). The molecule has 0 aliphatic carbocycles. The Morgan fingerprint density at radius 1 is 0.897 bits per heavy atom. The Labute approximate surface area is 168 Å². The molecular weight excluding hydrogens is 360 g/mol. The number of carbonyl (C=O) groups excluding carboxylic acids is 1. The molecule has 142 valence electrons. The standard InChI is InChI=1S/C24H20N4O/c1-15-9-16(2)11-17(10-15)22-8-7-19(13-26-22)27-28-23-12-18(14-29)20-5-3-4-6-21(20)24(23)25/h3-14H,25H2,1-2H3. The molecule has 0 bridgehead atoms. The lowest BCUT2D eigenvalue weighted by Gasteiger charge is -2.07. The van der Waals surface area contributed by atoms with Crippen LogP contribution in [-0.2, 0) is 0 Å². The van der Waals surface area contributed by atoms with Gasteiger partial charge in [0.2, 0.25) is 0 Å². The number of carbonyl (C=O) groups is 1. The van der Waals surface area contributed by atoms with E-state index in [1.165, 1.54) is 11.1 Å². The van der Waals surface area contributed by atoms with Crippen molar-refractivity contribution in [2.45, 2.75) is 13.8 Å². The summed E-state index contributed by atoms with van der Waals surface area (Å²) >= 11 is 0. The van der Waals surface area contributed by atoms with Gasteiger partial charge in [-0.05, 0) is 49.6 Å². The van der Waals surface area contributed by atoms with E-state index in [0.29, 0.717) is 22.6 Å². The predicted octanol–water partition coefficient (Wildman–Crippen LogP) is 6.33. The zero-order chi connectivity index (χ0) is 20.4. The van der Waals surface area contributed by atoms with Crippen molar-refractivity contribution in [1.29, 1.82) is 0 Å². The van der Waals surface area contributed by atoms with Gasteiger partial charge in [-0.2, -0.15) is 0 Å². The molecule has 29 heavy (non-hydrogen) atoms. The van der Waals surface area contributed by atoms with E-state index in [2.05, 4.69) is 47.3 Å². The van der Waals surface area contributed by atoms with Crippen molar-refractivity contribution in [2.24, 2.45) is 10.2 Å². The molecule has 0 saturated carbocycles. The highest BCUT2D eigenvalue weighted by molar-refractivity contribution is 6.07. The van der Waals surface area contributed by atoms with Crippen LogP contribution in [0.3, 0.4) is 0 Å². The minimum Gasteiger partial charge on any atom is -0.396 e. The third-order valence-corrected chi connectivity index (χ3v) is 4.76. The van der Waals surface area contributed by atoms with E-state index in [9.17, 15) is 4.79 Å². The number of nitrogens with two attached hydrogens (primary N) is 1. The Hall–Kier alpha value is -3.86. The van der Waals surface area contributed by atoms with Crippen molar-refractivity contribution in [2.75, 3.05) is 5.73 Å². The van der Waals surface area contributed by atoms with Gasteiger partial charge in [-0.15, -0.1) is 10.2 Å². The predicted molar refractivity (Wildman–Crippen MR) is 117 cm³/mol. The van der Waals surface area contributed by atoms with Crippen LogP contribution in [0.5, 0.6) is 0 Å². The van der Waals surface area contributed by atoms with Gasteiger partial charge in [-0.25, -0.2) is 0 Å². The van der Waals surface area contributed by atoms with E-state index >= 15 is 0 Å². The van der Waals surface area contributed by atoms with Gasteiger partial charge >= 0.3 is 0 Å². The number of rotatable bonds is 4. The Morgan fingerprint density at radius 2 is 1.62 bits per heavy atom. The van der Waals surface area contributed by atoms with Crippen molar-refractivity contribution in [3.63, 3.8) is 0 Å². The van der Waals surface area contributed by atoms with E-state index in [1.54, 1.807) is 12.3 Å². The lowest BCUT2D eigenvalue weighted by atomic mass is 10.0. The molecule has 0 radical (unpaired) electrons. The Kier molecular flexibility index (Phi) is 4.87. The van der Waals surface area contributed by atoms with Crippen LogP contribution < -0.4 is 5.73 Å². The number of nitrogen functional groups attached to an aromatic ring is 1. The maximum atomic E-state index is 11.5. The number of hydrogen-bond donors (Lipinski definition) is 1. The number of anilines is 1. The van der Waals surface area contributed by atoms with Gasteiger partial charge in [0.15, 0.2) is 6.29 Å². The Balaban J connectivity index is 1.66. The highest BCUT2D eigenvalue weighted by Crippen LogP contribution is 2.34. The fourth-order valence-electron chi connectivity index (χ4n) is 3.44. The molecule has 4 aromatic rings. The summed E-state index contributed by atoms with van der Waals surface area (Å²) in [6.45, 7) is 4.14. The Bertz CT molecular complexity index is 1220. The number of aromatic nitrogens is 1. The van der Waals surface area contributed by atoms with Crippen molar-refractivity contribution < 1.29 is 4.79 Å². The molecule has 5 heteroatoms. The monoisotopic (exact) mass is 380 g/mol. The first-order chi connectivity index (χ1) is 14.0. The van der Waals surface area contributed by atoms with Gasteiger partial charge in [0.25, 0.3) is 0 Å². The van der Waals surface area contributed by atoms with Crippen molar-refractivity contribution in [3.05, 3.63) is 83.6 Å². The summed E-state index contributed by atoms with van der Waals surface area (Å²) in [4.78, 5) is 16.0. The second-order valence-corrected chi connectivity index (χ2v) is 7.04. The van der Waals surface area contributed by atoms with Crippen LogP contribution >= 0.6 is 0 Å². The molecule has 0 spiro atoms. The van der Waals surface area contributed by atoms with Crippen LogP contribution in [0.1, 0.15) is 21.5 Å². The van der Waals surface area contributed by atoms with Crippen LogP contribution in [0.25, 0.3) is 22.0 Å². The quantitative estimate of drug-likeness (QED) is 0.255. The van der Waals surface area contributed by atoms with E-state index in [1.807, 2.05) is 36.4 Å². The van der Waals surface area contributed by atoms with Gasteiger partial charge in [-0.3, -0.25) is 9.78 Å². The largest absolute Gasteiger partial charge is 0.396 e. The van der Waals surface area contributed by atoms with Crippen molar-refractivity contribution in [1.82, 2.24) is 4.98 Å². The molecule has 2 N–H and O–H groups in total. The normalized spacial score (nSPS) is 11.2. The fourth-order valence-corrected chi connectivity index (χ4v) is 3.44. The first kappa shape index (κ1) is 18.5. The Morgan fingerprint density at radius 3 is 2.28 bits per heavy atom. The third kappa shape index (κ3) is 3.75. The molecule has 0 unspecified atom stereocenters. The SMILES string of the molecule is Cc1cc(C)cc(-c2ccc(N=Nc3cc(C=O)c4ccccc4c3N)cn2)c1. The zero-order valence-corrected chi connectivity index (χ0v) is 16.3. The van der Waals surface area contributed by atoms with Gasteiger partial charge in [-0.1, -0.05) is 41.5 Å². The lowest BCUT2D eigenvalue weighted by molar-refractivity contribution is 0.112. The van der Waals surface area contributed by atoms with Gasteiger partial charge in [0.1, 0.15) is 11.4 Å². The molecule has 0 fully saturated rings. The summed E-state index contributed by atoms with van der Waals surface area (Å²) < 4.78 is 0. The van der Waals surface area contributed by atoms with Crippen molar-refractivity contribution in [3.8, 4) is 11.3 Å². The number of hydrogen-bond acceptors (Lipinski definition) is 5. The number of benzene rings is 3. The molecule has 0 aliphatic rings. The van der Waals surface area contributed by atoms with Crippen LogP contribution in [0, 0.1) is 13.8 Å². The van der Waals surface area contributed by atoms with Crippen LogP contribution in [0.2, 0.25) is 0 Å². The molecular formula is C24H20N4O. The second-order valence-electron chi connectivity index (χ2n) is 7.04. The number of fused-ring (bicyclic) bond motifs is 1. The highest BCUT2D eigenvalue weighted by Gasteiger charge is 2.09.